The molecule has 1 saturated heterocycles. The van der Waals surface area contributed by atoms with Gasteiger partial charge in [0, 0.05) is 4.47 Å². The molecular weight excluding hydrogens is 464 g/mol. The first-order chi connectivity index (χ1) is 14.5. The van der Waals surface area contributed by atoms with E-state index in [0.29, 0.717) is 28.2 Å². The van der Waals surface area contributed by atoms with Gasteiger partial charge < -0.3 is 14.8 Å². The van der Waals surface area contributed by atoms with E-state index >= 15 is 0 Å². The van der Waals surface area contributed by atoms with Gasteiger partial charge in [-0.2, -0.15) is 0 Å². The number of carbonyl (C=O) groups is 1. The summed E-state index contributed by atoms with van der Waals surface area (Å²) in [6.07, 6.45) is 8.04. The average molecular weight is 485 g/mol. The third-order valence-electron chi connectivity index (χ3n) is 4.19. The Labute approximate surface area is 189 Å². The van der Waals surface area contributed by atoms with Crippen LogP contribution in [0.5, 0.6) is 11.5 Å². The van der Waals surface area contributed by atoms with E-state index in [2.05, 4.69) is 39.1 Å². The fraction of sp³-hybridized carbons (Fsp3) is 0.217. The number of hydrogen-bond acceptors (Lipinski definition) is 5. The Morgan fingerprint density at radius 2 is 1.93 bits per heavy atom. The summed E-state index contributed by atoms with van der Waals surface area (Å²) in [7, 11) is 0. The summed E-state index contributed by atoms with van der Waals surface area (Å²) in [5.41, 5.74) is 2.83. The SMILES string of the molecule is C#CCOc1cc(Br)c(/C=C2\SC(=Nc3ccc(CC)cc3)NC2=O)cc1OCC. The standard InChI is InChI=1S/C23H21BrN2O3S/c1-4-11-29-20-14-18(24)16(12-19(20)28-6-3)13-21-22(27)26-23(30-21)25-17-9-7-15(5-2)8-10-17/h1,7-10,12-14H,5-6,11H2,2-3H3,(H,25,26,27)/b21-13-. The van der Waals surface area contributed by atoms with E-state index in [1.165, 1.54) is 17.3 Å². The Bertz CT molecular complexity index is 1040. The predicted molar refractivity (Wildman–Crippen MR) is 126 cm³/mol. The second kappa shape index (κ2) is 10.4. The topological polar surface area (TPSA) is 59.9 Å². The smallest absolute Gasteiger partial charge is 0.264 e. The minimum absolute atomic E-state index is 0.143. The van der Waals surface area contributed by atoms with Crippen molar-refractivity contribution in [1.82, 2.24) is 5.32 Å². The largest absolute Gasteiger partial charge is 0.490 e. The molecule has 30 heavy (non-hydrogen) atoms. The van der Waals surface area contributed by atoms with E-state index in [1.807, 2.05) is 37.3 Å². The molecule has 1 aliphatic rings. The van der Waals surface area contributed by atoms with E-state index < -0.39 is 0 Å². The first-order valence-corrected chi connectivity index (χ1v) is 11.1. The second-order valence-corrected chi connectivity index (χ2v) is 8.13. The predicted octanol–water partition coefficient (Wildman–Crippen LogP) is 5.31. The van der Waals surface area contributed by atoms with Crippen LogP contribution in [0.25, 0.3) is 6.08 Å². The molecule has 1 fully saturated rings. The van der Waals surface area contributed by atoms with Crippen molar-refractivity contribution >= 4 is 50.5 Å². The van der Waals surface area contributed by atoms with Crippen molar-refractivity contribution in [2.75, 3.05) is 13.2 Å². The van der Waals surface area contributed by atoms with E-state index in [1.54, 1.807) is 12.1 Å². The van der Waals surface area contributed by atoms with Crippen LogP contribution >= 0.6 is 27.7 Å². The number of terminal acetylenes is 1. The number of ether oxygens (including phenoxy) is 2. The maximum Gasteiger partial charge on any atom is 0.264 e. The molecule has 0 aromatic heterocycles. The molecule has 7 heteroatoms. The van der Waals surface area contributed by atoms with Gasteiger partial charge in [0.25, 0.3) is 5.91 Å². The highest BCUT2D eigenvalue weighted by Crippen LogP contribution is 2.37. The first kappa shape index (κ1) is 22.0. The normalized spacial score (nSPS) is 15.9. The highest BCUT2D eigenvalue weighted by atomic mass is 79.9. The van der Waals surface area contributed by atoms with Crippen LogP contribution in [0.1, 0.15) is 25.0 Å². The van der Waals surface area contributed by atoms with Crippen LogP contribution in [0.3, 0.4) is 0 Å². The second-order valence-electron chi connectivity index (χ2n) is 6.25. The molecule has 0 aliphatic carbocycles. The number of nitrogens with zero attached hydrogens (tertiary/aromatic N) is 1. The lowest BCUT2D eigenvalue weighted by Crippen LogP contribution is -2.19. The van der Waals surface area contributed by atoms with E-state index in [-0.39, 0.29) is 12.5 Å². The highest BCUT2D eigenvalue weighted by molar-refractivity contribution is 9.10. The summed E-state index contributed by atoms with van der Waals surface area (Å²) < 4.78 is 12.0. The van der Waals surface area contributed by atoms with Crippen molar-refractivity contribution in [2.45, 2.75) is 20.3 Å². The van der Waals surface area contributed by atoms with Gasteiger partial charge >= 0.3 is 0 Å². The van der Waals surface area contributed by atoms with Crippen LogP contribution in [0, 0.1) is 12.3 Å². The van der Waals surface area contributed by atoms with Gasteiger partial charge in [-0.3, -0.25) is 4.79 Å². The molecule has 1 N–H and O–H groups in total. The Kier molecular flexibility index (Phi) is 7.61. The van der Waals surface area contributed by atoms with Gasteiger partial charge in [-0.05, 0) is 66.6 Å². The van der Waals surface area contributed by atoms with Gasteiger partial charge in [0.15, 0.2) is 16.7 Å². The van der Waals surface area contributed by atoms with Gasteiger partial charge in [-0.15, -0.1) is 6.42 Å². The number of aliphatic imine (C=N–C) groups is 1. The number of rotatable bonds is 7. The van der Waals surface area contributed by atoms with E-state index in [9.17, 15) is 4.79 Å². The number of amides is 1. The lowest BCUT2D eigenvalue weighted by molar-refractivity contribution is -0.115. The molecular formula is C23H21BrN2O3S. The van der Waals surface area contributed by atoms with Crippen LogP contribution in [-0.2, 0) is 11.2 Å². The monoisotopic (exact) mass is 484 g/mol. The maximum absolute atomic E-state index is 12.4. The third-order valence-corrected chi connectivity index (χ3v) is 5.78. The van der Waals surface area contributed by atoms with Crippen LogP contribution in [0.15, 0.2) is 50.8 Å². The summed E-state index contributed by atoms with van der Waals surface area (Å²) in [6.45, 7) is 4.62. The molecule has 1 heterocycles. The summed E-state index contributed by atoms with van der Waals surface area (Å²) in [5.74, 6) is 3.36. The molecule has 1 amide bonds. The van der Waals surface area contributed by atoms with Crippen molar-refractivity contribution in [3.05, 3.63) is 56.9 Å². The van der Waals surface area contributed by atoms with Crippen LogP contribution in [0.4, 0.5) is 5.69 Å². The zero-order valence-corrected chi connectivity index (χ0v) is 19.1. The first-order valence-electron chi connectivity index (χ1n) is 9.45. The molecule has 5 nitrogen and oxygen atoms in total. The lowest BCUT2D eigenvalue weighted by atomic mass is 10.2. The quantitative estimate of drug-likeness (QED) is 0.427. The lowest BCUT2D eigenvalue weighted by Gasteiger charge is -2.12. The molecule has 0 unspecified atom stereocenters. The number of hydrogen-bond donors (Lipinski definition) is 1. The summed E-state index contributed by atoms with van der Waals surface area (Å²) in [6, 6.07) is 11.6. The van der Waals surface area contributed by atoms with Gasteiger partial charge in [0.1, 0.15) is 6.61 Å². The Morgan fingerprint density at radius 1 is 1.20 bits per heavy atom. The molecule has 3 rings (SSSR count). The van der Waals surface area contributed by atoms with Gasteiger partial charge in [0.2, 0.25) is 0 Å². The van der Waals surface area contributed by atoms with Gasteiger partial charge in [-0.25, -0.2) is 4.99 Å². The maximum atomic E-state index is 12.4. The van der Waals surface area contributed by atoms with Crippen molar-refractivity contribution < 1.29 is 14.3 Å². The molecule has 154 valence electrons. The molecule has 0 atom stereocenters. The average Bonchev–Trinajstić information content (AvgIpc) is 3.08. The van der Waals surface area contributed by atoms with Crippen molar-refractivity contribution in [1.29, 1.82) is 0 Å². The van der Waals surface area contributed by atoms with E-state index in [4.69, 9.17) is 15.9 Å². The van der Waals surface area contributed by atoms with Crippen LogP contribution in [-0.4, -0.2) is 24.3 Å². The van der Waals surface area contributed by atoms with Crippen LogP contribution in [0.2, 0.25) is 0 Å². The minimum Gasteiger partial charge on any atom is -0.490 e. The molecule has 0 bridgehead atoms. The minimum atomic E-state index is -0.193. The van der Waals surface area contributed by atoms with E-state index in [0.717, 1.165) is 22.1 Å². The Hall–Kier alpha value is -2.69. The number of carbonyl (C=O) groups excluding carboxylic acids is 1. The summed E-state index contributed by atoms with van der Waals surface area (Å²) in [5, 5.41) is 3.36. The molecule has 0 spiro atoms. The van der Waals surface area contributed by atoms with Crippen molar-refractivity contribution in [2.24, 2.45) is 4.99 Å². The Balaban J connectivity index is 1.85. The fourth-order valence-electron chi connectivity index (χ4n) is 2.71. The number of amidine groups is 1. The molecule has 0 radical (unpaired) electrons. The summed E-state index contributed by atoms with van der Waals surface area (Å²) in [4.78, 5) is 17.5. The third kappa shape index (κ3) is 5.47. The fourth-order valence-corrected chi connectivity index (χ4v) is 3.98. The number of nitrogens with one attached hydrogen (secondary N) is 1. The van der Waals surface area contributed by atoms with Crippen LogP contribution < -0.4 is 14.8 Å². The zero-order valence-electron chi connectivity index (χ0n) is 16.7. The number of benzene rings is 2. The molecule has 2 aromatic carbocycles. The molecule has 2 aromatic rings. The number of halogens is 1. The van der Waals surface area contributed by atoms with Gasteiger partial charge in [-0.1, -0.05) is 40.9 Å². The number of thioether (sulfide) groups is 1. The zero-order chi connectivity index (χ0) is 21.5. The molecule has 1 aliphatic heterocycles. The highest BCUT2D eigenvalue weighted by Gasteiger charge is 2.24. The Morgan fingerprint density at radius 3 is 2.60 bits per heavy atom. The van der Waals surface area contributed by atoms with Crippen molar-refractivity contribution in [3.63, 3.8) is 0 Å². The molecule has 0 saturated carbocycles. The summed E-state index contributed by atoms with van der Waals surface area (Å²) >= 11 is 4.83. The van der Waals surface area contributed by atoms with Gasteiger partial charge in [0.05, 0.1) is 17.2 Å². The van der Waals surface area contributed by atoms with Crippen molar-refractivity contribution in [3.8, 4) is 23.8 Å². The number of aryl methyl sites for hydroxylation is 1.